The summed E-state index contributed by atoms with van der Waals surface area (Å²) in [6.45, 7) is 14.8. The van der Waals surface area contributed by atoms with Gasteiger partial charge < -0.3 is 0 Å². The van der Waals surface area contributed by atoms with E-state index < -0.39 is 0 Å². The zero-order valence-corrected chi connectivity index (χ0v) is 16.8. The smallest absolute Gasteiger partial charge is 0.159 e. The van der Waals surface area contributed by atoms with Gasteiger partial charge in [0.15, 0.2) is 5.78 Å². The molecule has 0 aliphatic heterocycles. The molecule has 0 aromatic carbocycles. The molecule has 0 aromatic rings. The molecule has 1 aliphatic carbocycles. The predicted molar refractivity (Wildman–Crippen MR) is 106 cm³/mol. The normalized spacial score (nSPS) is 15.3. The first-order valence-corrected chi connectivity index (χ1v) is 9.37. The fourth-order valence-electron chi connectivity index (χ4n) is 2.45. The molecule has 1 fully saturated rings. The van der Waals surface area contributed by atoms with Gasteiger partial charge in [0.05, 0.1) is 0 Å². The molecule has 0 N–H and O–H groups in total. The van der Waals surface area contributed by atoms with Crippen molar-refractivity contribution in [3.63, 3.8) is 0 Å². The largest absolute Gasteiger partial charge is 0.300 e. The zero-order valence-electron chi connectivity index (χ0n) is 16.8. The lowest BCUT2D eigenvalue weighted by Gasteiger charge is -2.16. The van der Waals surface area contributed by atoms with Gasteiger partial charge in [-0.1, -0.05) is 76.3 Å². The van der Waals surface area contributed by atoms with E-state index in [0.29, 0.717) is 17.3 Å². The van der Waals surface area contributed by atoms with Crippen LogP contribution in [-0.2, 0) is 9.59 Å². The third kappa shape index (κ3) is 14.2. The van der Waals surface area contributed by atoms with Crippen molar-refractivity contribution >= 4 is 11.6 Å². The third-order valence-electron chi connectivity index (χ3n) is 3.90. The van der Waals surface area contributed by atoms with E-state index in [-0.39, 0.29) is 5.78 Å². The topological polar surface area (TPSA) is 34.1 Å². The fraction of sp³-hybridized carbons (Fsp3) is 0.636. The molecule has 2 heteroatoms. The minimum Gasteiger partial charge on any atom is -0.300 e. The summed E-state index contributed by atoms with van der Waals surface area (Å²) < 4.78 is 0. The summed E-state index contributed by atoms with van der Waals surface area (Å²) in [4.78, 5) is 21.9. The van der Waals surface area contributed by atoms with E-state index in [2.05, 4.69) is 6.58 Å². The van der Waals surface area contributed by atoms with Crippen LogP contribution >= 0.6 is 0 Å². The molecule has 0 aromatic heterocycles. The van der Waals surface area contributed by atoms with Gasteiger partial charge in [-0.15, -0.1) is 0 Å². The Hall–Kier alpha value is -1.44. The predicted octanol–water partition coefficient (Wildman–Crippen LogP) is 6.62. The molecule has 0 saturated heterocycles. The summed E-state index contributed by atoms with van der Waals surface area (Å²) in [5.41, 5.74) is 1.83. The summed E-state index contributed by atoms with van der Waals surface area (Å²) in [6.07, 6.45) is 14.1. The molecule has 0 radical (unpaired) electrons. The summed E-state index contributed by atoms with van der Waals surface area (Å²) in [6, 6.07) is 0. The highest BCUT2D eigenvalue weighted by Gasteiger charge is 2.14. The average molecular weight is 335 g/mol. The number of hydrogen-bond acceptors (Lipinski definition) is 2. The van der Waals surface area contributed by atoms with E-state index in [1.807, 2.05) is 33.8 Å². The molecule has 0 amide bonds. The second-order valence-corrected chi connectivity index (χ2v) is 6.28. The quantitative estimate of drug-likeness (QED) is 0.428. The van der Waals surface area contributed by atoms with Crippen molar-refractivity contribution in [1.82, 2.24) is 0 Å². The van der Waals surface area contributed by atoms with Gasteiger partial charge in [0, 0.05) is 11.5 Å². The van der Waals surface area contributed by atoms with Gasteiger partial charge in [0.2, 0.25) is 0 Å². The van der Waals surface area contributed by atoms with Crippen LogP contribution in [0.3, 0.4) is 0 Å². The molecule has 0 atom stereocenters. The molecular weight excluding hydrogens is 296 g/mol. The highest BCUT2D eigenvalue weighted by Crippen LogP contribution is 2.22. The van der Waals surface area contributed by atoms with Crippen molar-refractivity contribution < 1.29 is 9.59 Å². The van der Waals surface area contributed by atoms with E-state index in [4.69, 9.17) is 0 Å². The Labute approximate surface area is 150 Å². The van der Waals surface area contributed by atoms with Gasteiger partial charge in [-0.3, -0.25) is 9.59 Å². The SMILES string of the molecule is C=C/C(=C\C=C(C)C)C(C)=O.CC.CC(=O)C1CCCCCCC1. The van der Waals surface area contributed by atoms with Gasteiger partial charge in [-0.05, 0) is 40.5 Å². The molecule has 1 aliphatic rings. The Morgan fingerprint density at radius 3 is 1.62 bits per heavy atom. The minimum absolute atomic E-state index is 0.0532. The number of rotatable bonds is 4. The molecular formula is C22H38O2. The van der Waals surface area contributed by atoms with Crippen molar-refractivity contribution in [2.24, 2.45) is 5.92 Å². The Bertz CT molecular complexity index is 415. The van der Waals surface area contributed by atoms with Gasteiger partial charge in [-0.2, -0.15) is 0 Å². The number of hydrogen-bond donors (Lipinski definition) is 0. The monoisotopic (exact) mass is 334 g/mol. The highest BCUT2D eigenvalue weighted by atomic mass is 16.1. The zero-order chi connectivity index (χ0) is 19.0. The van der Waals surface area contributed by atoms with Gasteiger partial charge in [0.1, 0.15) is 5.78 Å². The minimum atomic E-state index is 0.0532. The maximum absolute atomic E-state index is 11.1. The van der Waals surface area contributed by atoms with Crippen LogP contribution in [0.5, 0.6) is 0 Å². The number of Topliss-reactive ketones (excluding diaryl/α,β-unsaturated/α-hetero) is 2. The Kier molecular flexibility index (Phi) is 17.0. The van der Waals surface area contributed by atoms with E-state index in [0.717, 1.165) is 12.8 Å². The summed E-state index contributed by atoms with van der Waals surface area (Å²) in [5.74, 6) is 0.861. The van der Waals surface area contributed by atoms with Crippen LogP contribution in [0.1, 0.15) is 86.5 Å². The van der Waals surface area contributed by atoms with Crippen molar-refractivity contribution in [2.75, 3.05) is 0 Å². The van der Waals surface area contributed by atoms with Crippen LogP contribution in [0, 0.1) is 5.92 Å². The molecule has 0 heterocycles. The summed E-state index contributed by atoms with van der Waals surface area (Å²) >= 11 is 0. The summed E-state index contributed by atoms with van der Waals surface area (Å²) in [7, 11) is 0. The highest BCUT2D eigenvalue weighted by molar-refractivity contribution is 5.96. The van der Waals surface area contributed by atoms with Crippen LogP contribution < -0.4 is 0 Å². The average Bonchev–Trinajstić information content (AvgIpc) is 2.49. The maximum Gasteiger partial charge on any atom is 0.159 e. The Morgan fingerprint density at radius 2 is 1.29 bits per heavy atom. The Balaban J connectivity index is 0. The Morgan fingerprint density at radius 1 is 0.833 bits per heavy atom. The summed E-state index contributed by atoms with van der Waals surface area (Å²) in [5, 5.41) is 0. The van der Waals surface area contributed by atoms with E-state index in [1.165, 1.54) is 44.6 Å². The third-order valence-corrected chi connectivity index (χ3v) is 3.90. The second-order valence-electron chi connectivity index (χ2n) is 6.28. The first kappa shape index (κ1) is 24.8. The fourth-order valence-corrected chi connectivity index (χ4v) is 2.45. The molecule has 2 nitrogen and oxygen atoms in total. The van der Waals surface area contributed by atoms with Crippen LogP contribution in [0.15, 0.2) is 36.0 Å². The number of ketones is 2. The number of carbonyl (C=O) groups excluding carboxylic acids is 2. The van der Waals surface area contributed by atoms with Gasteiger partial charge >= 0.3 is 0 Å². The number of carbonyl (C=O) groups is 2. The van der Waals surface area contributed by atoms with Crippen molar-refractivity contribution in [3.05, 3.63) is 36.0 Å². The first-order valence-electron chi connectivity index (χ1n) is 9.37. The van der Waals surface area contributed by atoms with E-state index >= 15 is 0 Å². The van der Waals surface area contributed by atoms with Crippen molar-refractivity contribution in [1.29, 1.82) is 0 Å². The molecule has 24 heavy (non-hydrogen) atoms. The molecule has 1 rings (SSSR count). The maximum atomic E-state index is 11.1. The lowest BCUT2D eigenvalue weighted by Crippen LogP contribution is -2.12. The van der Waals surface area contributed by atoms with Gasteiger partial charge in [0.25, 0.3) is 0 Å². The van der Waals surface area contributed by atoms with E-state index in [9.17, 15) is 9.59 Å². The molecule has 0 unspecified atom stereocenters. The van der Waals surface area contributed by atoms with Crippen molar-refractivity contribution in [2.45, 2.75) is 86.5 Å². The molecule has 0 spiro atoms. The van der Waals surface area contributed by atoms with Crippen LogP contribution in [-0.4, -0.2) is 11.6 Å². The standard InChI is InChI=1S/C10H18O.C10H14O.C2H6/c1-9(11)10-7-5-3-2-4-6-8-10;1-5-10(9(4)11)7-6-8(2)3;1-2/h10H,2-8H2,1H3;5-7H,1H2,2-4H3;1-2H3/b;10-7+;. The van der Waals surface area contributed by atoms with Crippen LogP contribution in [0.2, 0.25) is 0 Å². The van der Waals surface area contributed by atoms with E-state index in [1.54, 1.807) is 19.1 Å². The number of allylic oxidation sites excluding steroid dienone is 5. The molecule has 1 saturated carbocycles. The second kappa shape index (κ2) is 16.4. The molecule has 138 valence electrons. The first-order chi connectivity index (χ1) is 11.4. The lowest BCUT2D eigenvalue weighted by atomic mass is 9.89. The lowest BCUT2D eigenvalue weighted by molar-refractivity contribution is -0.121. The van der Waals surface area contributed by atoms with Crippen molar-refractivity contribution in [3.8, 4) is 0 Å². The van der Waals surface area contributed by atoms with Crippen LogP contribution in [0.25, 0.3) is 0 Å². The van der Waals surface area contributed by atoms with Gasteiger partial charge in [-0.25, -0.2) is 0 Å². The molecule has 0 bridgehead atoms. The van der Waals surface area contributed by atoms with Crippen LogP contribution in [0.4, 0.5) is 0 Å².